The molecule has 0 heterocycles. The maximum Gasteiger partial charge on any atom is 0.263 e. The van der Waals surface area contributed by atoms with Crippen LogP contribution >= 0.6 is 0 Å². The largest absolute Gasteiger partial charge is 0.263 e. The van der Waals surface area contributed by atoms with Gasteiger partial charge < -0.3 is 0 Å². The first-order valence-corrected chi connectivity index (χ1v) is 11.3. The maximum atomic E-state index is 12.7. The van der Waals surface area contributed by atoms with E-state index in [0.29, 0.717) is 18.3 Å². The summed E-state index contributed by atoms with van der Waals surface area (Å²) in [7, 11) is 0. The first-order valence-electron chi connectivity index (χ1n) is 11.3. The zero-order valence-electron chi connectivity index (χ0n) is 17.0. The van der Waals surface area contributed by atoms with Crippen molar-refractivity contribution in [2.24, 2.45) is 17.8 Å². The molecule has 0 saturated heterocycles. The lowest BCUT2D eigenvalue weighted by molar-refractivity contribution is 0.151. The molecule has 2 aliphatic carbocycles. The van der Waals surface area contributed by atoms with E-state index < -0.39 is 6.43 Å². The summed E-state index contributed by atoms with van der Waals surface area (Å²) in [5.74, 6) is 2.95. The Labute approximate surface area is 168 Å². The van der Waals surface area contributed by atoms with E-state index in [1.165, 1.54) is 69.8 Å². The maximum absolute atomic E-state index is 12.7. The van der Waals surface area contributed by atoms with Crippen LogP contribution in [0.15, 0.2) is 36.4 Å². The van der Waals surface area contributed by atoms with Crippen LogP contribution in [0.25, 0.3) is 0 Å². The molecule has 0 bridgehead atoms. The van der Waals surface area contributed by atoms with Gasteiger partial charge in [-0.3, -0.25) is 4.39 Å². The summed E-state index contributed by atoms with van der Waals surface area (Å²) in [6, 6.07) is 7.00. The topological polar surface area (TPSA) is 0 Å². The van der Waals surface area contributed by atoms with Gasteiger partial charge in [0.05, 0.1) is 6.67 Å². The Morgan fingerprint density at radius 1 is 0.821 bits per heavy atom. The van der Waals surface area contributed by atoms with E-state index in [9.17, 15) is 13.2 Å². The van der Waals surface area contributed by atoms with Gasteiger partial charge in [-0.15, -0.1) is 0 Å². The molecule has 3 heteroatoms. The average molecular weight is 393 g/mol. The smallest absolute Gasteiger partial charge is 0.251 e. The monoisotopic (exact) mass is 392 g/mol. The fourth-order valence-electron chi connectivity index (χ4n) is 5.19. The third-order valence-electron chi connectivity index (χ3n) is 7.07. The Morgan fingerprint density at radius 3 is 1.93 bits per heavy atom. The van der Waals surface area contributed by atoms with Crippen molar-refractivity contribution >= 4 is 0 Å². The first-order chi connectivity index (χ1) is 13.7. The van der Waals surface area contributed by atoms with E-state index in [0.717, 1.165) is 11.8 Å². The highest BCUT2D eigenvalue weighted by molar-refractivity contribution is 5.26. The normalized spacial score (nSPS) is 28.9. The van der Waals surface area contributed by atoms with Crippen LogP contribution in [0.3, 0.4) is 0 Å². The van der Waals surface area contributed by atoms with Crippen LogP contribution in [0.1, 0.15) is 94.1 Å². The lowest BCUT2D eigenvalue weighted by atomic mass is 9.74. The molecule has 0 unspecified atom stereocenters. The molecule has 1 aromatic rings. The van der Waals surface area contributed by atoms with Crippen LogP contribution in [-0.4, -0.2) is 6.67 Å². The van der Waals surface area contributed by atoms with Crippen molar-refractivity contribution in [3.05, 3.63) is 47.5 Å². The lowest BCUT2D eigenvalue weighted by Crippen LogP contribution is -2.17. The van der Waals surface area contributed by atoms with Gasteiger partial charge in [-0.2, -0.15) is 0 Å². The predicted octanol–water partition coefficient (Wildman–Crippen LogP) is 8.40. The van der Waals surface area contributed by atoms with E-state index in [-0.39, 0.29) is 12.2 Å². The standard InChI is InChI=1S/C25H35F3/c26-18-2-1-3-19-4-6-20(7-5-19)8-9-21-10-12-22(13-11-21)23-14-16-24(17-15-23)25(27)28/h1,3,14-17,19-22,25H,2,4-13,18H2/b3-1+. The Hall–Kier alpha value is -1.25. The SMILES string of the molecule is FCC/C=C/C1CCC(CCC2CCC(c3ccc(C(F)F)cc3)CC2)CC1. The lowest BCUT2D eigenvalue weighted by Gasteiger charge is -2.31. The van der Waals surface area contributed by atoms with Crippen LogP contribution in [0.5, 0.6) is 0 Å². The molecule has 0 nitrogen and oxygen atoms in total. The van der Waals surface area contributed by atoms with Gasteiger partial charge in [0.2, 0.25) is 0 Å². The number of rotatable bonds is 8. The summed E-state index contributed by atoms with van der Waals surface area (Å²) in [5, 5.41) is 0. The Kier molecular flexibility index (Phi) is 8.48. The molecule has 0 spiro atoms. The Balaban J connectivity index is 1.34. The zero-order valence-corrected chi connectivity index (χ0v) is 17.0. The minimum Gasteiger partial charge on any atom is -0.251 e. The number of benzene rings is 1. The summed E-state index contributed by atoms with van der Waals surface area (Å²) in [4.78, 5) is 0. The molecule has 2 saturated carbocycles. The van der Waals surface area contributed by atoms with Gasteiger partial charge in [-0.1, -0.05) is 49.3 Å². The van der Waals surface area contributed by atoms with E-state index >= 15 is 0 Å². The fourth-order valence-corrected chi connectivity index (χ4v) is 5.19. The predicted molar refractivity (Wildman–Crippen MR) is 111 cm³/mol. The molecular formula is C25H35F3. The highest BCUT2D eigenvalue weighted by Crippen LogP contribution is 2.40. The van der Waals surface area contributed by atoms with E-state index in [4.69, 9.17) is 0 Å². The Morgan fingerprint density at radius 2 is 1.39 bits per heavy atom. The van der Waals surface area contributed by atoms with Crippen molar-refractivity contribution in [3.63, 3.8) is 0 Å². The molecule has 156 valence electrons. The number of hydrogen-bond donors (Lipinski definition) is 0. The van der Waals surface area contributed by atoms with E-state index in [1.807, 2.05) is 18.2 Å². The van der Waals surface area contributed by atoms with Gasteiger partial charge in [0.25, 0.3) is 6.43 Å². The van der Waals surface area contributed by atoms with Crippen LogP contribution in [0.2, 0.25) is 0 Å². The van der Waals surface area contributed by atoms with Crippen molar-refractivity contribution in [2.75, 3.05) is 6.67 Å². The molecule has 3 rings (SSSR count). The van der Waals surface area contributed by atoms with Gasteiger partial charge in [0, 0.05) is 5.56 Å². The number of allylic oxidation sites excluding steroid dienone is 2. The van der Waals surface area contributed by atoms with Gasteiger partial charge in [-0.05, 0) is 87.0 Å². The van der Waals surface area contributed by atoms with Crippen molar-refractivity contribution in [3.8, 4) is 0 Å². The molecule has 0 aromatic heterocycles. The van der Waals surface area contributed by atoms with Crippen molar-refractivity contribution in [1.29, 1.82) is 0 Å². The Bertz CT molecular complexity index is 576. The van der Waals surface area contributed by atoms with E-state index in [1.54, 1.807) is 12.1 Å². The molecule has 2 fully saturated rings. The summed E-state index contributed by atoms with van der Waals surface area (Å²) < 4.78 is 37.6. The number of hydrogen-bond acceptors (Lipinski definition) is 0. The summed E-state index contributed by atoms with van der Waals surface area (Å²) in [6.45, 7) is -0.241. The molecule has 0 radical (unpaired) electrons. The molecule has 1 aromatic carbocycles. The van der Waals surface area contributed by atoms with Gasteiger partial charge >= 0.3 is 0 Å². The molecule has 0 N–H and O–H groups in total. The van der Waals surface area contributed by atoms with Crippen LogP contribution in [0.4, 0.5) is 13.2 Å². The number of alkyl halides is 3. The van der Waals surface area contributed by atoms with Crippen molar-refractivity contribution in [2.45, 2.75) is 83.0 Å². The minimum absolute atomic E-state index is 0.130. The van der Waals surface area contributed by atoms with E-state index in [2.05, 4.69) is 6.08 Å². The molecule has 28 heavy (non-hydrogen) atoms. The molecule has 0 amide bonds. The average Bonchev–Trinajstić information content (AvgIpc) is 2.74. The minimum atomic E-state index is -2.37. The van der Waals surface area contributed by atoms with Gasteiger partial charge in [-0.25, -0.2) is 8.78 Å². The highest BCUT2D eigenvalue weighted by atomic mass is 19.3. The molecule has 0 aliphatic heterocycles. The molecule has 0 atom stereocenters. The van der Waals surface area contributed by atoms with Crippen LogP contribution in [-0.2, 0) is 0 Å². The van der Waals surface area contributed by atoms with Crippen LogP contribution < -0.4 is 0 Å². The summed E-state index contributed by atoms with van der Waals surface area (Å²) >= 11 is 0. The summed E-state index contributed by atoms with van der Waals surface area (Å²) in [6.07, 6.45) is 15.3. The molecule has 2 aliphatic rings. The number of halogens is 3. The van der Waals surface area contributed by atoms with Crippen molar-refractivity contribution < 1.29 is 13.2 Å². The summed E-state index contributed by atoms with van der Waals surface area (Å²) in [5.41, 5.74) is 1.37. The van der Waals surface area contributed by atoms with Crippen LogP contribution in [0, 0.1) is 17.8 Å². The van der Waals surface area contributed by atoms with Gasteiger partial charge in [0.15, 0.2) is 0 Å². The third-order valence-corrected chi connectivity index (χ3v) is 7.07. The second kappa shape index (κ2) is 11.1. The van der Waals surface area contributed by atoms with Gasteiger partial charge in [0.1, 0.15) is 0 Å². The second-order valence-electron chi connectivity index (χ2n) is 8.95. The second-order valence-corrected chi connectivity index (χ2v) is 8.95. The quantitative estimate of drug-likeness (QED) is 0.390. The highest BCUT2D eigenvalue weighted by Gasteiger charge is 2.25. The third kappa shape index (κ3) is 6.39. The molecular weight excluding hydrogens is 357 g/mol. The zero-order chi connectivity index (χ0) is 19.8. The first kappa shape index (κ1) is 21.5. The van der Waals surface area contributed by atoms with Crippen molar-refractivity contribution in [1.82, 2.24) is 0 Å². The fraction of sp³-hybridized carbons (Fsp3) is 0.680.